The second kappa shape index (κ2) is 5.57. The lowest BCUT2D eigenvalue weighted by Crippen LogP contribution is -2.58. The van der Waals surface area contributed by atoms with E-state index < -0.39 is 11.7 Å². The van der Waals surface area contributed by atoms with Crippen LogP contribution in [0.25, 0.3) is 0 Å². The van der Waals surface area contributed by atoms with E-state index in [1.165, 1.54) is 0 Å². The summed E-state index contributed by atoms with van der Waals surface area (Å²) < 4.78 is 0. The van der Waals surface area contributed by atoms with Crippen LogP contribution in [0, 0.1) is 40.9 Å². The van der Waals surface area contributed by atoms with E-state index in [-0.39, 0.29) is 41.3 Å². The van der Waals surface area contributed by atoms with Crippen molar-refractivity contribution in [2.45, 2.75) is 69.7 Å². The van der Waals surface area contributed by atoms with Crippen molar-refractivity contribution in [3.8, 4) is 12.3 Å². The molecule has 0 heterocycles. The summed E-state index contributed by atoms with van der Waals surface area (Å²) in [6.07, 6.45) is 11.7. The number of terminal acetylenes is 1. The lowest BCUT2D eigenvalue weighted by Gasteiger charge is -2.59. The molecule has 4 aliphatic carbocycles. The molecule has 4 heteroatoms. The summed E-state index contributed by atoms with van der Waals surface area (Å²) in [5, 5.41) is 42.4. The molecule has 138 valence electrons. The van der Waals surface area contributed by atoms with Crippen molar-refractivity contribution < 1.29 is 20.4 Å². The minimum atomic E-state index is -1.10. The van der Waals surface area contributed by atoms with Gasteiger partial charge in [0.25, 0.3) is 0 Å². The monoisotopic (exact) mass is 346 g/mol. The van der Waals surface area contributed by atoms with E-state index in [0.29, 0.717) is 19.3 Å². The van der Waals surface area contributed by atoms with Crippen molar-refractivity contribution in [2.75, 3.05) is 6.61 Å². The van der Waals surface area contributed by atoms with Gasteiger partial charge in [0.1, 0.15) is 5.60 Å². The molecular formula is C21H30O4. The van der Waals surface area contributed by atoms with Crippen LogP contribution in [0.3, 0.4) is 0 Å². The SMILES string of the molecule is C#C[C@]1(O)CCC2C3C(O)C=C4C[C@@H](O)CC[C@]4(CO)C3CC[C@@]21C. The molecule has 3 fully saturated rings. The molecule has 0 aromatic carbocycles. The molecule has 25 heavy (non-hydrogen) atoms. The zero-order valence-corrected chi connectivity index (χ0v) is 15.0. The van der Waals surface area contributed by atoms with Crippen LogP contribution in [0.1, 0.15) is 51.9 Å². The summed E-state index contributed by atoms with van der Waals surface area (Å²) in [4.78, 5) is 0. The maximum Gasteiger partial charge on any atom is 0.130 e. The van der Waals surface area contributed by atoms with Crippen LogP contribution in [0.15, 0.2) is 11.6 Å². The molecule has 0 aromatic rings. The molecular weight excluding hydrogens is 316 g/mol. The van der Waals surface area contributed by atoms with Gasteiger partial charge in [0.05, 0.1) is 18.8 Å². The molecule has 0 bridgehead atoms. The summed E-state index contributed by atoms with van der Waals surface area (Å²) in [5.74, 6) is 3.03. The van der Waals surface area contributed by atoms with Gasteiger partial charge >= 0.3 is 0 Å². The Morgan fingerprint density at radius 1 is 1.16 bits per heavy atom. The Balaban J connectivity index is 1.77. The van der Waals surface area contributed by atoms with Crippen LogP contribution in [0.5, 0.6) is 0 Å². The van der Waals surface area contributed by atoms with Gasteiger partial charge < -0.3 is 20.4 Å². The van der Waals surface area contributed by atoms with Crippen molar-refractivity contribution in [3.63, 3.8) is 0 Å². The van der Waals surface area contributed by atoms with Crippen molar-refractivity contribution in [2.24, 2.45) is 28.6 Å². The highest BCUT2D eigenvalue weighted by Crippen LogP contribution is 2.66. The van der Waals surface area contributed by atoms with Gasteiger partial charge in [-0.15, -0.1) is 6.42 Å². The number of hydrogen-bond donors (Lipinski definition) is 4. The van der Waals surface area contributed by atoms with E-state index in [4.69, 9.17) is 6.42 Å². The normalized spacial score (nSPS) is 54.7. The largest absolute Gasteiger partial charge is 0.395 e. The molecule has 4 N–H and O–H groups in total. The van der Waals surface area contributed by atoms with Crippen molar-refractivity contribution >= 4 is 0 Å². The van der Waals surface area contributed by atoms with E-state index in [9.17, 15) is 20.4 Å². The van der Waals surface area contributed by atoms with Gasteiger partial charge in [-0.2, -0.15) is 0 Å². The molecule has 0 saturated heterocycles. The zero-order valence-electron chi connectivity index (χ0n) is 15.0. The first-order chi connectivity index (χ1) is 11.8. The van der Waals surface area contributed by atoms with Crippen molar-refractivity contribution in [1.82, 2.24) is 0 Å². The summed E-state index contributed by atoms with van der Waals surface area (Å²) in [7, 11) is 0. The van der Waals surface area contributed by atoms with E-state index in [2.05, 4.69) is 12.8 Å². The average molecular weight is 346 g/mol. The molecule has 0 spiro atoms. The minimum Gasteiger partial charge on any atom is -0.395 e. The Kier molecular flexibility index (Phi) is 3.91. The highest BCUT2D eigenvalue weighted by atomic mass is 16.3. The first-order valence-electron chi connectivity index (χ1n) is 9.70. The standard InChI is InChI=1S/C21H30O4/c1-3-21(25)9-6-15-18-16(5-7-19(15,21)2)20(12-22)8-4-14(23)10-13(20)11-17(18)24/h1,11,14-18,22-25H,4-10,12H2,2H3/t14-,15?,16?,17?,18?,19-,20+,21-/m0/s1. The molecule has 4 nitrogen and oxygen atoms in total. The lowest BCUT2D eigenvalue weighted by molar-refractivity contribution is -0.134. The first-order valence-corrected chi connectivity index (χ1v) is 9.70. The average Bonchev–Trinajstić information content (AvgIpc) is 2.87. The lowest BCUT2D eigenvalue weighted by atomic mass is 9.46. The van der Waals surface area contributed by atoms with Crippen LogP contribution < -0.4 is 0 Å². The summed E-state index contributed by atoms with van der Waals surface area (Å²) in [6, 6.07) is 0. The van der Waals surface area contributed by atoms with E-state index in [1.54, 1.807) is 0 Å². The Hall–Kier alpha value is -0.860. The molecule has 4 rings (SSSR count). The van der Waals surface area contributed by atoms with Crippen LogP contribution in [-0.2, 0) is 0 Å². The maximum atomic E-state index is 11.0. The predicted molar refractivity (Wildman–Crippen MR) is 94.3 cm³/mol. The Morgan fingerprint density at radius 3 is 2.56 bits per heavy atom. The smallest absolute Gasteiger partial charge is 0.130 e. The van der Waals surface area contributed by atoms with E-state index >= 15 is 0 Å². The first kappa shape index (κ1) is 17.5. The maximum absolute atomic E-state index is 11.0. The van der Waals surface area contributed by atoms with Gasteiger partial charge in [0.15, 0.2) is 0 Å². The van der Waals surface area contributed by atoms with Gasteiger partial charge in [0, 0.05) is 10.8 Å². The van der Waals surface area contributed by atoms with Crippen LogP contribution in [-0.4, -0.2) is 44.8 Å². The Bertz CT molecular complexity index is 636. The summed E-state index contributed by atoms with van der Waals surface area (Å²) in [6.45, 7) is 2.16. The fourth-order valence-corrected chi connectivity index (χ4v) is 6.99. The summed E-state index contributed by atoms with van der Waals surface area (Å²) >= 11 is 0. The molecule has 3 saturated carbocycles. The number of aliphatic hydroxyl groups excluding tert-OH is 3. The number of rotatable bonds is 1. The van der Waals surface area contributed by atoms with Crippen LogP contribution >= 0.6 is 0 Å². The quantitative estimate of drug-likeness (QED) is 0.430. The van der Waals surface area contributed by atoms with Gasteiger partial charge in [-0.05, 0) is 62.7 Å². The second-order valence-corrected chi connectivity index (χ2v) is 9.18. The predicted octanol–water partition coefficient (Wildman–Crippen LogP) is 1.62. The van der Waals surface area contributed by atoms with Crippen molar-refractivity contribution in [3.05, 3.63) is 11.6 Å². The third-order valence-electron chi connectivity index (χ3n) is 8.50. The van der Waals surface area contributed by atoms with Gasteiger partial charge in [-0.3, -0.25) is 0 Å². The Morgan fingerprint density at radius 2 is 1.88 bits per heavy atom. The fraction of sp³-hybridized carbons (Fsp3) is 0.810. The number of aliphatic hydroxyl groups is 4. The number of fused-ring (bicyclic) bond motifs is 5. The third kappa shape index (κ3) is 2.10. The van der Waals surface area contributed by atoms with Crippen LogP contribution in [0.2, 0.25) is 0 Å². The van der Waals surface area contributed by atoms with E-state index in [0.717, 1.165) is 31.3 Å². The molecule has 4 aliphatic rings. The minimum absolute atomic E-state index is 0.0206. The molecule has 0 aliphatic heterocycles. The zero-order chi connectivity index (χ0) is 18.0. The summed E-state index contributed by atoms with van der Waals surface area (Å²) in [5.41, 5.74) is -0.751. The highest BCUT2D eigenvalue weighted by Gasteiger charge is 2.65. The van der Waals surface area contributed by atoms with Gasteiger partial charge in [-0.1, -0.05) is 24.5 Å². The topological polar surface area (TPSA) is 80.9 Å². The molecule has 0 radical (unpaired) electrons. The van der Waals surface area contributed by atoms with Crippen molar-refractivity contribution in [1.29, 1.82) is 0 Å². The fourth-order valence-electron chi connectivity index (χ4n) is 6.99. The molecule has 0 aromatic heterocycles. The molecule has 8 atom stereocenters. The van der Waals surface area contributed by atoms with Gasteiger partial charge in [0.2, 0.25) is 0 Å². The molecule has 4 unspecified atom stereocenters. The Labute approximate surface area is 150 Å². The second-order valence-electron chi connectivity index (χ2n) is 9.18. The van der Waals surface area contributed by atoms with Gasteiger partial charge in [-0.25, -0.2) is 0 Å². The van der Waals surface area contributed by atoms with E-state index in [1.807, 2.05) is 6.08 Å². The third-order valence-corrected chi connectivity index (χ3v) is 8.50. The number of hydrogen-bond acceptors (Lipinski definition) is 4. The van der Waals surface area contributed by atoms with Crippen LogP contribution in [0.4, 0.5) is 0 Å². The molecule has 0 amide bonds. The highest BCUT2D eigenvalue weighted by molar-refractivity contribution is 5.31.